The normalized spacial score (nSPS) is 11.0. The molecular weight excluding hydrogens is 310 g/mol. The molecule has 0 amide bonds. The molecule has 3 nitrogen and oxygen atoms in total. The zero-order valence-corrected chi connectivity index (χ0v) is 15.9. The summed E-state index contributed by atoms with van der Waals surface area (Å²) < 4.78 is 11.6. The van der Waals surface area contributed by atoms with Crippen molar-refractivity contribution in [1.29, 1.82) is 0 Å². The van der Waals surface area contributed by atoms with Gasteiger partial charge < -0.3 is 14.8 Å². The van der Waals surface area contributed by atoms with E-state index in [4.69, 9.17) is 9.47 Å². The van der Waals surface area contributed by atoms with E-state index in [2.05, 4.69) is 57.3 Å². The summed E-state index contributed by atoms with van der Waals surface area (Å²) in [4.78, 5) is 0. The minimum absolute atomic E-state index is 0.528. The average molecular weight is 341 g/mol. The molecule has 2 rings (SSSR count). The number of hydrogen-bond acceptors (Lipinski definition) is 3. The highest BCUT2D eigenvalue weighted by Crippen LogP contribution is 2.20. The third kappa shape index (κ3) is 7.51. The molecule has 0 heterocycles. The van der Waals surface area contributed by atoms with Crippen LogP contribution >= 0.6 is 0 Å². The quantitative estimate of drug-likeness (QED) is 0.596. The lowest BCUT2D eigenvalue weighted by atomic mass is 10.1. The lowest BCUT2D eigenvalue weighted by molar-refractivity contribution is 0.271. The number of rotatable bonds is 10. The molecule has 0 aliphatic carbocycles. The number of hydrogen-bond donors (Lipinski definition) is 1. The van der Waals surface area contributed by atoms with Gasteiger partial charge in [0.05, 0.1) is 13.2 Å². The molecule has 3 heteroatoms. The third-order valence-electron chi connectivity index (χ3n) is 3.78. The predicted octanol–water partition coefficient (Wildman–Crippen LogP) is 5.76. The van der Waals surface area contributed by atoms with Crippen LogP contribution in [-0.2, 0) is 6.54 Å². The van der Waals surface area contributed by atoms with Crippen LogP contribution in [0.1, 0.15) is 39.7 Å². The van der Waals surface area contributed by atoms with E-state index in [9.17, 15) is 0 Å². The van der Waals surface area contributed by atoms with Gasteiger partial charge >= 0.3 is 0 Å². The van der Waals surface area contributed by atoms with Crippen molar-refractivity contribution < 1.29 is 9.47 Å². The summed E-state index contributed by atoms with van der Waals surface area (Å²) >= 11 is 0. The third-order valence-corrected chi connectivity index (χ3v) is 3.78. The number of nitrogens with one attached hydrogen (secondary N) is 1. The standard InChI is InChI=1S/C22H31NO2/c1-17(2)11-12-24-22-10-6-8-20(14-22)23-15-19-7-5-9-21(13-19)25-16-18(3)4/h5-10,13-14,17-18,23H,11-12,15-16H2,1-4H3. The fourth-order valence-corrected chi connectivity index (χ4v) is 2.32. The Bertz CT molecular complexity index is 637. The van der Waals surface area contributed by atoms with E-state index in [0.29, 0.717) is 11.8 Å². The monoisotopic (exact) mass is 341 g/mol. The van der Waals surface area contributed by atoms with E-state index >= 15 is 0 Å². The summed E-state index contributed by atoms with van der Waals surface area (Å²) in [6.45, 7) is 11.0. The highest BCUT2D eigenvalue weighted by atomic mass is 16.5. The molecular formula is C22H31NO2. The molecule has 25 heavy (non-hydrogen) atoms. The highest BCUT2D eigenvalue weighted by Gasteiger charge is 2.01. The SMILES string of the molecule is CC(C)CCOc1cccc(NCc2cccc(OCC(C)C)c2)c1. The summed E-state index contributed by atoms with van der Waals surface area (Å²) in [6.07, 6.45) is 1.07. The molecule has 0 fully saturated rings. The molecule has 0 radical (unpaired) electrons. The fraction of sp³-hybridized carbons (Fsp3) is 0.455. The van der Waals surface area contributed by atoms with Crippen LogP contribution in [0.3, 0.4) is 0 Å². The van der Waals surface area contributed by atoms with E-state index in [-0.39, 0.29) is 0 Å². The maximum Gasteiger partial charge on any atom is 0.121 e. The number of anilines is 1. The van der Waals surface area contributed by atoms with E-state index in [1.165, 1.54) is 5.56 Å². The Morgan fingerprint density at radius 2 is 1.56 bits per heavy atom. The molecule has 0 atom stereocenters. The minimum atomic E-state index is 0.528. The predicted molar refractivity (Wildman–Crippen MR) is 105 cm³/mol. The van der Waals surface area contributed by atoms with Gasteiger partial charge in [-0.2, -0.15) is 0 Å². The Balaban J connectivity index is 1.87. The van der Waals surface area contributed by atoms with E-state index in [1.54, 1.807) is 0 Å². The summed E-state index contributed by atoms with van der Waals surface area (Å²) in [5.41, 5.74) is 2.27. The Morgan fingerprint density at radius 1 is 0.840 bits per heavy atom. The second kappa shape index (κ2) is 9.97. The van der Waals surface area contributed by atoms with Gasteiger partial charge in [0, 0.05) is 18.3 Å². The molecule has 0 aliphatic rings. The minimum Gasteiger partial charge on any atom is -0.494 e. The molecule has 0 spiro atoms. The first-order chi connectivity index (χ1) is 12.0. The van der Waals surface area contributed by atoms with Crippen molar-refractivity contribution in [3.05, 3.63) is 54.1 Å². The van der Waals surface area contributed by atoms with Crippen LogP contribution in [0.4, 0.5) is 5.69 Å². The van der Waals surface area contributed by atoms with Crippen LogP contribution in [0, 0.1) is 11.8 Å². The van der Waals surface area contributed by atoms with Gasteiger partial charge in [-0.25, -0.2) is 0 Å². The zero-order chi connectivity index (χ0) is 18.1. The first-order valence-corrected chi connectivity index (χ1v) is 9.21. The molecule has 1 N–H and O–H groups in total. The summed E-state index contributed by atoms with van der Waals surface area (Å²) in [5, 5.41) is 3.46. The second-order valence-corrected chi connectivity index (χ2v) is 7.26. The Hall–Kier alpha value is -2.16. The van der Waals surface area contributed by atoms with Gasteiger partial charge in [0.1, 0.15) is 11.5 Å². The molecule has 0 saturated heterocycles. The van der Waals surface area contributed by atoms with Gasteiger partial charge in [-0.1, -0.05) is 45.9 Å². The number of benzene rings is 2. The molecule has 0 saturated carbocycles. The molecule has 0 aliphatic heterocycles. The van der Waals surface area contributed by atoms with Gasteiger partial charge in [-0.15, -0.1) is 0 Å². The van der Waals surface area contributed by atoms with Gasteiger partial charge in [0.25, 0.3) is 0 Å². The molecule has 2 aromatic carbocycles. The average Bonchev–Trinajstić information content (AvgIpc) is 2.59. The van der Waals surface area contributed by atoms with E-state index in [1.807, 2.05) is 24.3 Å². The van der Waals surface area contributed by atoms with Crippen molar-refractivity contribution in [2.45, 2.75) is 40.7 Å². The highest BCUT2D eigenvalue weighted by molar-refractivity contribution is 5.48. The Kier molecular flexibility index (Phi) is 7.65. The van der Waals surface area contributed by atoms with E-state index in [0.717, 1.165) is 43.4 Å². The van der Waals surface area contributed by atoms with Gasteiger partial charge in [-0.3, -0.25) is 0 Å². The zero-order valence-electron chi connectivity index (χ0n) is 15.9. The molecule has 0 bridgehead atoms. The van der Waals surface area contributed by atoms with Crippen molar-refractivity contribution in [3.63, 3.8) is 0 Å². The summed E-state index contributed by atoms with van der Waals surface area (Å²) in [6, 6.07) is 16.4. The molecule has 136 valence electrons. The molecule has 0 aromatic heterocycles. The van der Waals surface area contributed by atoms with Crippen molar-refractivity contribution >= 4 is 5.69 Å². The lowest BCUT2D eigenvalue weighted by Gasteiger charge is -2.12. The van der Waals surface area contributed by atoms with Crippen LogP contribution in [-0.4, -0.2) is 13.2 Å². The van der Waals surface area contributed by atoms with Crippen LogP contribution in [0.5, 0.6) is 11.5 Å². The van der Waals surface area contributed by atoms with Crippen molar-refractivity contribution in [2.75, 3.05) is 18.5 Å². The largest absolute Gasteiger partial charge is 0.494 e. The van der Waals surface area contributed by atoms with Crippen LogP contribution < -0.4 is 14.8 Å². The topological polar surface area (TPSA) is 30.5 Å². The van der Waals surface area contributed by atoms with Crippen molar-refractivity contribution in [2.24, 2.45) is 11.8 Å². The summed E-state index contributed by atoms with van der Waals surface area (Å²) in [5.74, 6) is 3.03. The van der Waals surface area contributed by atoms with Crippen LogP contribution in [0.25, 0.3) is 0 Å². The number of ether oxygens (including phenoxy) is 2. The van der Waals surface area contributed by atoms with Gasteiger partial charge in [0.2, 0.25) is 0 Å². The van der Waals surface area contributed by atoms with Gasteiger partial charge in [0.15, 0.2) is 0 Å². The first-order valence-electron chi connectivity index (χ1n) is 9.21. The maximum absolute atomic E-state index is 5.82. The van der Waals surface area contributed by atoms with Crippen molar-refractivity contribution in [1.82, 2.24) is 0 Å². The lowest BCUT2D eigenvalue weighted by Crippen LogP contribution is -2.05. The molecule has 2 aromatic rings. The van der Waals surface area contributed by atoms with Crippen molar-refractivity contribution in [3.8, 4) is 11.5 Å². The fourth-order valence-electron chi connectivity index (χ4n) is 2.32. The van der Waals surface area contributed by atoms with Crippen LogP contribution in [0.15, 0.2) is 48.5 Å². The Morgan fingerprint density at radius 3 is 2.28 bits per heavy atom. The van der Waals surface area contributed by atoms with E-state index < -0.39 is 0 Å². The Labute approximate surface area is 152 Å². The maximum atomic E-state index is 5.82. The second-order valence-electron chi connectivity index (χ2n) is 7.26. The van der Waals surface area contributed by atoms with Crippen LogP contribution in [0.2, 0.25) is 0 Å². The van der Waals surface area contributed by atoms with Gasteiger partial charge in [-0.05, 0) is 48.1 Å². The summed E-state index contributed by atoms with van der Waals surface area (Å²) in [7, 11) is 0. The molecule has 0 unspecified atom stereocenters. The smallest absolute Gasteiger partial charge is 0.121 e. The first kappa shape index (κ1) is 19.2.